The molecule has 0 radical (unpaired) electrons. The molecule has 0 amide bonds. The Bertz CT molecular complexity index is 982. The van der Waals surface area contributed by atoms with Crippen LogP contribution in [-0.4, -0.2) is 33.6 Å². The summed E-state index contributed by atoms with van der Waals surface area (Å²) in [7, 11) is 0. The van der Waals surface area contributed by atoms with Crippen LogP contribution in [0.15, 0.2) is 35.6 Å². The molecule has 1 aromatic heterocycles. The largest absolute Gasteiger partial charge is 0.379 e. The number of ether oxygens (including phenoxy) is 1. The normalized spacial score (nSPS) is 26.9. The van der Waals surface area contributed by atoms with Crippen molar-refractivity contribution in [1.82, 2.24) is 9.97 Å². The number of halogens is 3. The van der Waals surface area contributed by atoms with Gasteiger partial charge in [-0.2, -0.15) is 0 Å². The highest BCUT2D eigenvalue weighted by Crippen LogP contribution is 2.48. The Morgan fingerprint density at radius 3 is 2.93 bits per heavy atom. The molecule has 4 rings (SSSR count). The molecule has 0 spiro atoms. The molecule has 2 N–H and O–H groups in total. The highest BCUT2D eigenvalue weighted by Gasteiger charge is 2.52. The molecule has 3 heterocycles. The minimum atomic E-state index is -0.929. The van der Waals surface area contributed by atoms with Crippen LogP contribution in [0, 0.1) is 11.7 Å². The van der Waals surface area contributed by atoms with E-state index >= 15 is 0 Å². The molecule has 2 aliphatic heterocycles. The maximum atomic E-state index is 14.8. The van der Waals surface area contributed by atoms with Crippen molar-refractivity contribution in [2.45, 2.75) is 25.2 Å². The molecule has 5 nitrogen and oxygen atoms in total. The first-order valence-electron chi connectivity index (χ1n) is 9.07. The van der Waals surface area contributed by atoms with Gasteiger partial charge in [-0.15, -0.1) is 0 Å². The van der Waals surface area contributed by atoms with Gasteiger partial charge in [0.1, 0.15) is 23.7 Å². The number of rotatable bonds is 4. The summed E-state index contributed by atoms with van der Waals surface area (Å²) in [5.74, 6) is -0.480. The third-order valence-corrected chi connectivity index (χ3v) is 6.22. The molecule has 1 aromatic carbocycles. The molecule has 0 saturated carbocycles. The van der Waals surface area contributed by atoms with Crippen molar-refractivity contribution in [1.29, 1.82) is 0 Å². The van der Waals surface area contributed by atoms with Crippen molar-refractivity contribution in [2.75, 3.05) is 12.4 Å². The van der Waals surface area contributed by atoms with Crippen LogP contribution in [-0.2, 0) is 17.0 Å². The van der Waals surface area contributed by atoms with E-state index in [0.717, 1.165) is 6.20 Å². The summed E-state index contributed by atoms with van der Waals surface area (Å²) in [6, 6.07) is 4.32. The lowest BCUT2D eigenvalue weighted by atomic mass is 9.78. The molecule has 0 aliphatic carbocycles. The SMILES string of the molecule is C[C@H]1OC[C@]2(c3cc(/C=C(\F)c4cnc(CF)cn4)ccc3F)N=C(N)SC[C@H]12. The molecular formula is C20H19F3N4OS. The monoisotopic (exact) mass is 420 g/mol. The second-order valence-corrected chi connectivity index (χ2v) is 8.11. The van der Waals surface area contributed by atoms with Gasteiger partial charge in [-0.1, -0.05) is 17.8 Å². The summed E-state index contributed by atoms with van der Waals surface area (Å²) in [5, 5.41) is 0.383. The smallest absolute Gasteiger partial charge is 0.154 e. The number of nitrogens with zero attached hydrogens (tertiary/aromatic N) is 3. The molecule has 2 aliphatic rings. The summed E-state index contributed by atoms with van der Waals surface area (Å²) < 4.78 is 47.8. The van der Waals surface area contributed by atoms with Gasteiger partial charge in [0.15, 0.2) is 11.0 Å². The van der Waals surface area contributed by atoms with Crippen LogP contribution in [0.1, 0.15) is 29.4 Å². The van der Waals surface area contributed by atoms with Crippen LogP contribution in [0.4, 0.5) is 13.2 Å². The second kappa shape index (κ2) is 7.79. The van der Waals surface area contributed by atoms with E-state index in [1.54, 1.807) is 6.07 Å². The Labute approximate surface area is 170 Å². The van der Waals surface area contributed by atoms with Gasteiger partial charge in [-0.3, -0.25) is 9.97 Å². The predicted octanol–water partition coefficient (Wildman–Crippen LogP) is 3.84. The number of hydrogen-bond donors (Lipinski definition) is 1. The number of benzene rings is 1. The first-order valence-corrected chi connectivity index (χ1v) is 10.1. The third-order valence-electron chi connectivity index (χ3n) is 5.30. The number of hydrogen-bond acceptors (Lipinski definition) is 6. The molecule has 29 heavy (non-hydrogen) atoms. The van der Waals surface area contributed by atoms with E-state index in [1.807, 2.05) is 6.92 Å². The van der Waals surface area contributed by atoms with E-state index in [2.05, 4.69) is 15.0 Å². The number of aliphatic imine (C=N–C) groups is 1. The van der Waals surface area contributed by atoms with Gasteiger partial charge in [-0.05, 0) is 30.7 Å². The van der Waals surface area contributed by atoms with Crippen LogP contribution < -0.4 is 5.73 Å². The van der Waals surface area contributed by atoms with Gasteiger partial charge in [0.05, 0.1) is 30.8 Å². The Morgan fingerprint density at radius 1 is 1.38 bits per heavy atom. The standard InChI is InChI=1S/C20H19F3N4OS/c1-11-15-9-29-19(24)27-20(15,10-28-11)14-4-12(2-3-16(14)22)5-17(23)18-8-25-13(6-21)7-26-18/h2-5,7-8,11,15H,6,9-10H2,1H3,(H2,24,27)/b17-5-/t11-,15-,20-/m1/s1. The van der Waals surface area contributed by atoms with Crippen molar-refractivity contribution >= 4 is 28.8 Å². The maximum absolute atomic E-state index is 14.8. The van der Waals surface area contributed by atoms with Crippen LogP contribution in [0.25, 0.3) is 11.9 Å². The molecule has 9 heteroatoms. The van der Waals surface area contributed by atoms with E-state index in [4.69, 9.17) is 10.5 Å². The van der Waals surface area contributed by atoms with Gasteiger partial charge < -0.3 is 10.5 Å². The van der Waals surface area contributed by atoms with Gasteiger partial charge in [-0.25, -0.2) is 18.2 Å². The Hall–Kier alpha value is -2.39. The van der Waals surface area contributed by atoms with Crippen LogP contribution in [0.5, 0.6) is 0 Å². The molecule has 152 valence electrons. The topological polar surface area (TPSA) is 73.4 Å². The van der Waals surface area contributed by atoms with Crippen LogP contribution >= 0.6 is 11.8 Å². The Kier molecular flexibility index (Phi) is 5.35. The second-order valence-electron chi connectivity index (χ2n) is 7.07. The van der Waals surface area contributed by atoms with Gasteiger partial charge >= 0.3 is 0 Å². The quantitative estimate of drug-likeness (QED) is 0.814. The van der Waals surface area contributed by atoms with E-state index in [9.17, 15) is 13.2 Å². The first-order chi connectivity index (χ1) is 13.9. The fraction of sp³-hybridized carbons (Fsp3) is 0.350. The van der Waals surface area contributed by atoms with Gasteiger partial charge in [0.25, 0.3) is 0 Å². The minimum Gasteiger partial charge on any atom is -0.379 e. The molecule has 0 unspecified atom stereocenters. The lowest BCUT2D eigenvalue weighted by Crippen LogP contribution is -2.41. The van der Waals surface area contributed by atoms with Crippen molar-refractivity contribution in [2.24, 2.45) is 16.6 Å². The molecule has 0 bridgehead atoms. The Balaban J connectivity index is 1.73. The molecular weight excluding hydrogens is 401 g/mol. The van der Waals surface area contributed by atoms with Crippen molar-refractivity contribution < 1.29 is 17.9 Å². The fourth-order valence-electron chi connectivity index (χ4n) is 3.73. The Morgan fingerprint density at radius 2 is 2.21 bits per heavy atom. The lowest BCUT2D eigenvalue weighted by Gasteiger charge is -2.35. The van der Waals surface area contributed by atoms with Crippen LogP contribution in [0.3, 0.4) is 0 Å². The average Bonchev–Trinajstić information content (AvgIpc) is 3.06. The highest BCUT2D eigenvalue weighted by molar-refractivity contribution is 8.13. The summed E-state index contributed by atoms with van der Waals surface area (Å²) in [6.07, 6.45) is 3.48. The number of fused-ring (bicyclic) bond motifs is 1. The molecule has 1 fully saturated rings. The molecule has 3 atom stereocenters. The van der Waals surface area contributed by atoms with E-state index in [-0.39, 0.29) is 30.0 Å². The lowest BCUT2D eigenvalue weighted by molar-refractivity contribution is 0.107. The summed E-state index contributed by atoms with van der Waals surface area (Å²) >= 11 is 1.42. The zero-order chi connectivity index (χ0) is 20.6. The van der Waals surface area contributed by atoms with Crippen molar-refractivity contribution in [3.05, 3.63) is 58.9 Å². The molecule has 1 saturated heterocycles. The summed E-state index contributed by atoms with van der Waals surface area (Å²) in [6.45, 7) is 1.37. The zero-order valence-electron chi connectivity index (χ0n) is 15.6. The van der Waals surface area contributed by atoms with E-state index in [0.29, 0.717) is 22.0 Å². The number of amidine groups is 1. The van der Waals surface area contributed by atoms with Crippen molar-refractivity contribution in [3.8, 4) is 0 Å². The first kappa shape index (κ1) is 19.9. The third kappa shape index (κ3) is 3.64. The maximum Gasteiger partial charge on any atom is 0.154 e. The number of nitrogens with two attached hydrogens (primary N) is 1. The van der Waals surface area contributed by atoms with Gasteiger partial charge in [0.2, 0.25) is 0 Å². The predicted molar refractivity (Wildman–Crippen MR) is 107 cm³/mol. The highest BCUT2D eigenvalue weighted by atomic mass is 32.2. The van der Waals surface area contributed by atoms with Gasteiger partial charge in [0, 0.05) is 17.2 Å². The van der Waals surface area contributed by atoms with Crippen molar-refractivity contribution in [3.63, 3.8) is 0 Å². The zero-order valence-corrected chi connectivity index (χ0v) is 16.4. The van der Waals surface area contributed by atoms with E-state index < -0.39 is 23.9 Å². The van der Waals surface area contributed by atoms with E-state index in [1.165, 1.54) is 36.2 Å². The average molecular weight is 420 g/mol. The number of aromatic nitrogens is 2. The fourth-order valence-corrected chi connectivity index (χ4v) is 4.86. The summed E-state index contributed by atoms with van der Waals surface area (Å²) in [5.41, 5.74) is 5.88. The molecule has 2 aromatic rings. The number of thioether (sulfide) groups is 1. The minimum absolute atomic E-state index is 0.0294. The number of alkyl halides is 1. The van der Waals surface area contributed by atoms with Crippen LogP contribution in [0.2, 0.25) is 0 Å². The summed E-state index contributed by atoms with van der Waals surface area (Å²) in [4.78, 5) is 12.2.